The van der Waals surface area contributed by atoms with Gasteiger partial charge in [0.25, 0.3) is 0 Å². The molecule has 1 atom stereocenters. The van der Waals surface area contributed by atoms with Gasteiger partial charge in [0.05, 0.1) is 6.61 Å². The first-order valence-corrected chi connectivity index (χ1v) is 7.47. The fraction of sp³-hybridized carbons (Fsp3) is 0.643. The molecule has 0 aromatic carbocycles. The molecule has 1 aromatic rings. The highest BCUT2D eigenvalue weighted by Gasteiger charge is 2.17. The molecule has 19 heavy (non-hydrogen) atoms. The molecule has 4 nitrogen and oxygen atoms in total. The minimum Gasteiger partial charge on any atom is -0.477 e. The number of hydrogen-bond donors (Lipinski definition) is 1. The number of ether oxygens (including phenoxy) is 1. The maximum atomic E-state index is 10.9. The summed E-state index contributed by atoms with van der Waals surface area (Å²) in [5.41, 5.74) is 1.13. The summed E-state index contributed by atoms with van der Waals surface area (Å²) in [5, 5.41) is 9.00. The molecule has 0 saturated carbocycles. The Balaban J connectivity index is 1.90. The molecule has 1 aliphatic rings. The number of rotatable bonds is 5. The summed E-state index contributed by atoms with van der Waals surface area (Å²) < 4.78 is 5.49. The zero-order valence-electron chi connectivity index (χ0n) is 11.5. The Morgan fingerprint density at radius 1 is 1.63 bits per heavy atom. The van der Waals surface area contributed by atoms with Crippen LogP contribution < -0.4 is 0 Å². The lowest BCUT2D eigenvalue weighted by Gasteiger charge is -2.27. The van der Waals surface area contributed by atoms with E-state index in [1.807, 2.05) is 6.92 Å². The predicted molar refractivity (Wildman–Crippen MR) is 75.9 cm³/mol. The Hall–Kier alpha value is -0.910. The molecule has 0 amide bonds. The van der Waals surface area contributed by atoms with Gasteiger partial charge < -0.3 is 14.7 Å². The van der Waals surface area contributed by atoms with Crippen LogP contribution in [0.25, 0.3) is 0 Å². The molecule has 2 rings (SSSR count). The lowest BCUT2D eigenvalue weighted by Crippen LogP contribution is -2.30. The molecule has 0 spiro atoms. The molecule has 1 unspecified atom stereocenters. The average molecular weight is 283 g/mol. The van der Waals surface area contributed by atoms with Crippen molar-refractivity contribution in [3.05, 3.63) is 21.4 Å². The monoisotopic (exact) mass is 283 g/mol. The molecule has 1 fully saturated rings. The highest BCUT2D eigenvalue weighted by atomic mass is 32.1. The molecule has 106 valence electrons. The van der Waals surface area contributed by atoms with Crippen molar-refractivity contribution in [2.24, 2.45) is 5.92 Å². The Morgan fingerprint density at radius 2 is 2.42 bits per heavy atom. The molecule has 0 aliphatic carbocycles. The second-order valence-electron chi connectivity index (χ2n) is 5.28. The first-order chi connectivity index (χ1) is 9.06. The van der Waals surface area contributed by atoms with Gasteiger partial charge in [-0.15, -0.1) is 11.3 Å². The number of aromatic carboxylic acids is 1. The van der Waals surface area contributed by atoms with E-state index in [4.69, 9.17) is 9.84 Å². The van der Waals surface area contributed by atoms with Gasteiger partial charge in [0.15, 0.2) is 0 Å². The molecule has 1 aliphatic heterocycles. The second kappa shape index (κ2) is 6.50. The van der Waals surface area contributed by atoms with E-state index in [2.05, 4.69) is 11.9 Å². The molecule has 5 heteroatoms. The molecular weight excluding hydrogens is 262 g/mol. The zero-order chi connectivity index (χ0) is 13.8. The van der Waals surface area contributed by atoms with Crippen LogP contribution in [0.1, 0.15) is 33.0 Å². The van der Waals surface area contributed by atoms with E-state index < -0.39 is 5.97 Å². The Labute approximate surface area is 118 Å². The number of carboxylic acid groups (broad SMARTS) is 1. The average Bonchev–Trinajstić information content (AvgIpc) is 2.72. The van der Waals surface area contributed by atoms with Crippen LogP contribution in [0.2, 0.25) is 0 Å². The number of nitrogens with zero attached hydrogens (tertiary/aromatic N) is 1. The van der Waals surface area contributed by atoms with Gasteiger partial charge >= 0.3 is 5.97 Å². The van der Waals surface area contributed by atoms with Gasteiger partial charge in [-0.2, -0.15) is 0 Å². The van der Waals surface area contributed by atoms with E-state index in [1.54, 1.807) is 6.07 Å². The summed E-state index contributed by atoms with van der Waals surface area (Å²) in [6.45, 7) is 5.56. The Kier molecular flexibility index (Phi) is 4.96. The van der Waals surface area contributed by atoms with Crippen molar-refractivity contribution in [1.29, 1.82) is 0 Å². The van der Waals surface area contributed by atoms with Gasteiger partial charge in [0, 0.05) is 24.6 Å². The van der Waals surface area contributed by atoms with E-state index in [1.165, 1.54) is 17.8 Å². The van der Waals surface area contributed by atoms with E-state index >= 15 is 0 Å². The number of hydrogen-bond acceptors (Lipinski definition) is 4. The van der Waals surface area contributed by atoms with Crippen LogP contribution in [0.15, 0.2) is 6.07 Å². The normalized spacial score (nSPS) is 19.8. The van der Waals surface area contributed by atoms with Crippen LogP contribution in [0, 0.1) is 12.8 Å². The van der Waals surface area contributed by atoms with Crippen molar-refractivity contribution < 1.29 is 14.6 Å². The van der Waals surface area contributed by atoms with E-state index in [-0.39, 0.29) is 0 Å². The van der Waals surface area contributed by atoms with Crippen molar-refractivity contribution in [3.63, 3.8) is 0 Å². The van der Waals surface area contributed by atoms with Crippen LogP contribution in [-0.2, 0) is 11.3 Å². The van der Waals surface area contributed by atoms with E-state index in [0.717, 1.165) is 43.2 Å². The Morgan fingerprint density at radius 3 is 3.00 bits per heavy atom. The van der Waals surface area contributed by atoms with E-state index in [0.29, 0.717) is 10.8 Å². The standard InChI is InChI=1S/C14H21NO3S/c1-10-12(6-13(19-10)14(16)17)8-15(2)7-11-4-3-5-18-9-11/h6,11H,3-5,7-9H2,1-2H3,(H,16,17). The van der Waals surface area contributed by atoms with Crippen molar-refractivity contribution in [2.75, 3.05) is 26.8 Å². The summed E-state index contributed by atoms with van der Waals surface area (Å²) in [5.74, 6) is -0.223. The highest BCUT2D eigenvalue weighted by Crippen LogP contribution is 2.23. The number of carbonyl (C=O) groups is 1. The van der Waals surface area contributed by atoms with Gasteiger partial charge in [-0.05, 0) is 44.4 Å². The summed E-state index contributed by atoms with van der Waals surface area (Å²) in [6, 6.07) is 1.80. The summed E-state index contributed by atoms with van der Waals surface area (Å²) >= 11 is 1.36. The first-order valence-electron chi connectivity index (χ1n) is 6.65. The van der Waals surface area contributed by atoms with Crippen LogP contribution in [-0.4, -0.2) is 42.8 Å². The predicted octanol–water partition coefficient (Wildman–Crippen LogP) is 2.61. The third-order valence-electron chi connectivity index (χ3n) is 3.50. The molecule has 1 N–H and O–H groups in total. The smallest absolute Gasteiger partial charge is 0.345 e. The molecule has 1 saturated heterocycles. The lowest BCUT2D eigenvalue weighted by atomic mass is 10.0. The fourth-order valence-electron chi connectivity index (χ4n) is 2.53. The van der Waals surface area contributed by atoms with Gasteiger partial charge in [-0.3, -0.25) is 0 Å². The number of aryl methyl sites for hydroxylation is 1. The molecule has 0 radical (unpaired) electrons. The zero-order valence-corrected chi connectivity index (χ0v) is 12.3. The van der Waals surface area contributed by atoms with Crippen molar-refractivity contribution in [2.45, 2.75) is 26.3 Å². The van der Waals surface area contributed by atoms with Crippen LogP contribution in [0.5, 0.6) is 0 Å². The number of thiophene rings is 1. The molecular formula is C14H21NO3S. The highest BCUT2D eigenvalue weighted by molar-refractivity contribution is 7.14. The SMILES string of the molecule is Cc1sc(C(=O)O)cc1CN(C)CC1CCCOC1. The minimum absolute atomic E-state index is 0.432. The fourth-order valence-corrected chi connectivity index (χ4v) is 3.40. The third-order valence-corrected chi connectivity index (χ3v) is 4.58. The van der Waals surface area contributed by atoms with Crippen LogP contribution in [0.4, 0.5) is 0 Å². The second-order valence-corrected chi connectivity index (χ2v) is 6.53. The van der Waals surface area contributed by atoms with Gasteiger partial charge in [0.1, 0.15) is 4.88 Å². The quantitative estimate of drug-likeness (QED) is 0.902. The largest absolute Gasteiger partial charge is 0.477 e. The van der Waals surface area contributed by atoms with Crippen molar-refractivity contribution >= 4 is 17.3 Å². The summed E-state index contributed by atoms with van der Waals surface area (Å²) in [4.78, 5) is 14.7. The summed E-state index contributed by atoms with van der Waals surface area (Å²) in [7, 11) is 2.09. The maximum absolute atomic E-state index is 10.9. The number of carboxylic acids is 1. The Bertz CT molecular complexity index is 438. The minimum atomic E-state index is -0.831. The van der Waals surface area contributed by atoms with Gasteiger partial charge in [-0.1, -0.05) is 0 Å². The van der Waals surface area contributed by atoms with Crippen LogP contribution in [0.3, 0.4) is 0 Å². The topological polar surface area (TPSA) is 49.8 Å². The molecule has 2 heterocycles. The third kappa shape index (κ3) is 4.03. The van der Waals surface area contributed by atoms with Gasteiger partial charge in [0.2, 0.25) is 0 Å². The molecule has 1 aromatic heterocycles. The van der Waals surface area contributed by atoms with Crippen molar-refractivity contribution in [3.8, 4) is 0 Å². The van der Waals surface area contributed by atoms with E-state index in [9.17, 15) is 4.79 Å². The first kappa shape index (κ1) is 14.5. The van der Waals surface area contributed by atoms with Gasteiger partial charge in [-0.25, -0.2) is 4.79 Å². The summed E-state index contributed by atoms with van der Waals surface area (Å²) in [6.07, 6.45) is 2.38. The van der Waals surface area contributed by atoms with Crippen molar-refractivity contribution in [1.82, 2.24) is 4.90 Å². The van der Waals surface area contributed by atoms with Crippen LogP contribution >= 0.6 is 11.3 Å². The lowest BCUT2D eigenvalue weighted by molar-refractivity contribution is 0.0411. The molecule has 0 bridgehead atoms. The maximum Gasteiger partial charge on any atom is 0.345 e.